The summed E-state index contributed by atoms with van der Waals surface area (Å²) in [6.45, 7) is 1.78. The van der Waals surface area contributed by atoms with Gasteiger partial charge in [-0.1, -0.05) is 19.1 Å². The lowest BCUT2D eigenvalue weighted by Gasteiger charge is -2.11. The van der Waals surface area contributed by atoms with Crippen molar-refractivity contribution in [3.63, 3.8) is 0 Å². The molecule has 60 valence electrons. The van der Waals surface area contributed by atoms with Crippen LogP contribution in [0.4, 0.5) is 0 Å². The quantitative estimate of drug-likeness (QED) is 0.473. The minimum atomic E-state index is -0.718. The fourth-order valence-corrected chi connectivity index (χ4v) is 0.526. The predicted molar refractivity (Wildman–Crippen MR) is 40.5 cm³/mol. The Morgan fingerprint density at radius 2 is 2.20 bits per heavy atom. The summed E-state index contributed by atoms with van der Waals surface area (Å²) in [5.74, 6) is 0. The molecular formula is C7H15NO2. The second-order valence-electron chi connectivity index (χ2n) is 2.17. The van der Waals surface area contributed by atoms with E-state index in [1.165, 1.54) is 0 Å². The van der Waals surface area contributed by atoms with Crippen LogP contribution in [0.5, 0.6) is 0 Å². The first-order valence-electron chi connectivity index (χ1n) is 3.43. The van der Waals surface area contributed by atoms with Crippen molar-refractivity contribution in [2.24, 2.45) is 5.73 Å². The molecule has 0 aliphatic carbocycles. The van der Waals surface area contributed by atoms with E-state index >= 15 is 0 Å². The molecule has 0 heterocycles. The van der Waals surface area contributed by atoms with E-state index in [-0.39, 0.29) is 6.61 Å². The van der Waals surface area contributed by atoms with E-state index in [0.29, 0.717) is 0 Å². The van der Waals surface area contributed by atoms with Gasteiger partial charge in [-0.25, -0.2) is 0 Å². The molecule has 0 aliphatic heterocycles. The van der Waals surface area contributed by atoms with Crippen LogP contribution in [0.2, 0.25) is 0 Å². The van der Waals surface area contributed by atoms with Gasteiger partial charge in [-0.05, 0) is 6.42 Å². The van der Waals surface area contributed by atoms with Crippen LogP contribution in [0, 0.1) is 0 Å². The van der Waals surface area contributed by atoms with Gasteiger partial charge in [0.25, 0.3) is 0 Å². The van der Waals surface area contributed by atoms with E-state index in [9.17, 15) is 0 Å². The summed E-state index contributed by atoms with van der Waals surface area (Å²) in [7, 11) is 0. The van der Waals surface area contributed by atoms with Gasteiger partial charge in [0.15, 0.2) is 0 Å². The number of rotatable bonds is 4. The van der Waals surface area contributed by atoms with Gasteiger partial charge < -0.3 is 15.9 Å². The van der Waals surface area contributed by atoms with Crippen molar-refractivity contribution in [3.05, 3.63) is 12.2 Å². The van der Waals surface area contributed by atoms with Crippen LogP contribution >= 0.6 is 0 Å². The van der Waals surface area contributed by atoms with Crippen molar-refractivity contribution >= 4 is 0 Å². The third-order valence-corrected chi connectivity index (χ3v) is 1.22. The Kier molecular flexibility index (Phi) is 5.20. The zero-order chi connectivity index (χ0) is 7.98. The number of hydrogen-bond acceptors (Lipinski definition) is 3. The summed E-state index contributed by atoms with van der Waals surface area (Å²) in [6.07, 6.45) is 3.57. The SMILES string of the molecule is CC/C=C/[C@@H](O)[C@@H](N)CO. The highest BCUT2D eigenvalue weighted by atomic mass is 16.3. The molecule has 0 rings (SSSR count). The Morgan fingerprint density at radius 1 is 1.60 bits per heavy atom. The van der Waals surface area contributed by atoms with Crippen molar-refractivity contribution in [2.75, 3.05) is 6.61 Å². The lowest BCUT2D eigenvalue weighted by atomic mass is 10.1. The van der Waals surface area contributed by atoms with Gasteiger partial charge in [-0.3, -0.25) is 0 Å². The zero-order valence-electron chi connectivity index (χ0n) is 6.20. The van der Waals surface area contributed by atoms with Crippen LogP contribution in [-0.2, 0) is 0 Å². The summed E-state index contributed by atoms with van der Waals surface area (Å²) < 4.78 is 0. The molecule has 0 spiro atoms. The number of aliphatic hydroxyl groups excluding tert-OH is 2. The van der Waals surface area contributed by atoms with Gasteiger partial charge >= 0.3 is 0 Å². The lowest BCUT2D eigenvalue weighted by molar-refractivity contribution is 0.144. The van der Waals surface area contributed by atoms with Crippen molar-refractivity contribution in [1.82, 2.24) is 0 Å². The molecule has 3 nitrogen and oxygen atoms in total. The normalized spacial score (nSPS) is 17.6. The molecule has 2 atom stereocenters. The molecule has 0 aromatic rings. The molecule has 0 amide bonds. The molecule has 0 saturated heterocycles. The molecule has 4 N–H and O–H groups in total. The largest absolute Gasteiger partial charge is 0.395 e. The van der Waals surface area contributed by atoms with Crippen LogP contribution in [0.3, 0.4) is 0 Å². The average Bonchev–Trinajstić information content (AvgIpc) is 1.98. The molecular weight excluding hydrogens is 130 g/mol. The Balaban J connectivity index is 3.60. The molecule has 10 heavy (non-hydrogen) atoms. The van der Waals surface area contributed by atoms with Crippen LogP contribution in [-0.4, -0.2) is 29.0 Å². The van der Waals surface area contributed by atoms with Crippen LogP contribution in [0.15, 0.2) is 12.2 Å². The highest BCUT2D eigenvalue weighted by molar-refractivity contribution is 4.92. The molecule has 3 heteroatoms. The summed E-state index contributed by atoms with van der Waals surface area (Å²) in [5, 5.41) is 17.6. The Bertz CT molecular complexity index is 104. The van der Waals surface area contributed by atoms with Crippen molar-refractivity contribution in [2.45, 2.75) is 25.5 Å². The number of aliphatic hydroxyl groups is 2. The van der Waals surface area contributed by atoms with Crippen LogP contribution < -0.4 is 5.73 Å². The maximum atomic E-state index is 9.08. The van der Waals surface area contributed by atoms with E-state index in [4.69, 9.17) is 15.9 Å². The molecule has 0 saturated carbocycles. The lowest BCUT2D eigenvalue weighted by Crippen LogP contribution is -2.36. The van der Waals surface area contributed by atoms with E-state index in [1.54, 1.807) is 6.08 Å². The maximum Gasteiger partial charge on any atom is 0.0894 e. The minimum Gasteiger partial charge on any atom is -0.395 e. The van der Waals surface area contributed by atoms with Gasteiger partial charge in [0, 0.05) is 0 Å². The van der Waals surface area contributed by atoms with E-state index in [0.717, 1.165) is 6.42 Å². The first-order valence-corrected chi connectivity index (χ1v) is 3.43. The molecule has 0 unspecified atom stereocenters. The van der Waals surface area contributed by atoms with E-state index < -0.39 is 12.1 Å². The molecule has 0 bridgehead atoms. The second-order valence-corrected chi connectivity index (χ2v) is 2.17. The van der Waals surface area contributed by atoms with Crippen molar-refractivity contribution in [3.8, 4) is 0 Å². The molecule has 0 aromatic heterocycles. The second kappa shape index (κ2) is 5.41. The smallest absolute Gasteiger partial charge is 0.0894 e. The summed E-state index contributed by atoms with van der Waals surface area (Å²) >= 11 is 0. The first-order chi connectivity index (χ1) is 4.72. The van der Waals surface area contributed by atoms with Gasteiger partial charge in [0.2, 0.25) is 0 Å². The monoisotopic (exact) mass is 145 g/mol. The van der Waals surface area contributed by atoms with Crippen molar-refractivity contribution in [1.29, 1.82) is 0 Å². The topological polar surface area (TPSA) is 66.5 Å². The van der Waals surface area contributed by atoms with Gasteiger partial charge in [-0.15, -0.1) is 0 Å². The molecule has 0 radical (unpaired) electrons. The van der Waals surface area contributed by atoms with E-state index in [1.807, 2.05) is 13.0 Å². The highest BCUT2D eigenvalue weighted by Crippen LogP contribution is 1.92. The fraction of sp³-hybridized carbons (Fsp3) is 0.714. The number of hydrogen-bond donors (Lipinski definition) is 3. The van der Waals surface area contributed by atoms with E-state index in [2.05, 4.69) is 0 Å². The van der Waals surface area contributed by atoms with Gasteiger partial charge in [0.1, 0.15) is 0 Å². The predicted octanol–water partition coefficient (Wildman–Crippen LogP) is -0.367. The standard InChI is InChI=1S/C7H15NO2/c1-2-3-4-7(10)6(8)5-9/h3-4,6-7,9-10H,2,5,8H2,1H3/b4-3+/t6-,7+/m0/s1. The molecule has 0 fully saturated rings. The maximum absolute atomic E-state index is 9.08. The van der Waals surface area contributed by atoms with Gasteiger partial charge in [-0.2, -0.15) is 0 Å². The minimum absolute atomic E-state index is 0.185. The molecule has 0 aromatic carbocycles. The van der Waals surface area contributed by atoms with Crippen LogP contribution in [0.1, 0.15) is 13.3 Å². The third kappa shape index (κ3) is 3.61. The average molecular weight is 145 g/mol. The first kappa shape index (κ1) is 9.62. The van der Waals surface area contributed by atoms with Crippen molar-refractivity contribution < 1.29 is 10.2 Å². The van der Waals surface area contributed by atoms with Crippen LogP contribution in [0.25, 0.3) is 0 Å². The Hall–Kier alpha value is -0.380. The van der Waals surface area contributed by atoms with Gasteiger partial charge in [0.05, 0.1) is 18.8 Å². The Morgan fingerprint density at radius 3 is 2.60 bits per heavy atom. The summed E-state index contributed by atoms with van der Waals surface area (Å²) in [5.41, 5.74) is 5.31. The Labute approximate surface area is 61.2 Å². The number of allylic oxidation sites excluding steroid dienone is 1. The number of nitrogens with two attached hydrogens (primary N) is 1. The highest BCUT2D eigenvalue weighted by Gasteiger charge is 2.08. The zero-order valence-corrected chi connectivity index (χ0v) is 6.20. The fourth-order valence-electron chi connectivity index (χ4n) is 0.526. The summed E-state index contributed by atoms with van der Waals surface area (Å²) in [6, 6.07) is -0.553. The summed E-state index contributed by atoms with van der Waals surface area (Å²) in [4.78, 5) is 0. The molecule has 0 aliphatic rings. The third-order valence-electron chi connectivity index (χ3n) is 1.22.